The van der Waals surface area contributed by atoms with Gasteiger partial charge in [0.1, 0.15) is 0 Å². The zero-order valence-electron chi connectivity index (χ0n) is 14.7. The highest BCUT2D eigenvalue weighted by molar-refractivity contribution is 9.10. The minimum absolute atomic E-state index is 0.196. The lowest BCUT2D eigenvalue weighted by Crippen LogP contribution is -2.18. The van der Waals surface area contributed by atoms with E-state index in [0.717, 1.165) is 17.3 Å². The smallest absolute Gasteiger partial charge is 0.217 e. The van der Waals surface area contributed by atoms with Gasteiger partial charge in [-0.25, -0.2) is 0 Å². The number of amides is 1. The number of hydrogen-bond acceptors (Lipinski definition) is 2. The lowest BCUT2D eigenvalue weighted by Gasteiger charge is -2.29. The lowest BCUT2D eigenvalue weighted by atomic mass is 9.76. The van der Waals surface area contributed by atoms with Crippen molar-refractivity contribution in [3.05, 3.63) is 34.4 Å². The van der Waals surface area contributed by atoms with Gasteiger partial charge in [0.05, 0.1) is 6.10 Å². The second kappa shape index (κ2) is 7.92. The molecule has 3 N–H and O–H groups in total. The molecule has 3 rings (SSSR count). The maximum Gasteiger partial charge on any atom is 0.217 e. The number of nitrogens with two attached hydrogens (primary N) is 1. The van der Waals surface area contributed by atoms with Crippen LogP contribution in [0.3, 0.4) is 0 Å². The Hall–Kier alpha value is -1.33. The Balaban J connectivity index is 1.90. The second-order valence-corrected chi connectivity index (χ2v) is 8.31. The van der Waals surface area contributed by atoms with Crippen LogP contribution in [0.15, 0.2) is 28.9 Å². The summed E-state index contributed by atoms with van der Waals surface area (Å²) in [7, 11) is 0. The molecule has 0 radical (unpaired) electrons. The molecular formula is C20H27BrN2O2. The van der Waals surface area contributed by atoms with Crippen LogP contribution in [0.25, 0.3) is 10.9 Å². The summed E-state index contributed by atoms with van der Waals surface area (Å²) in [4.78, 5) is 11.1. The summed E-state index contributed by atoms with van der Waals surface area (Å²) in [6, 6.07) is 6.26. The number of carbonyl (C=O) groups excluding carboxylic acids is 1. The van der Waals surface area contributed by atoms with Crippen molar-refractivity contribution in [2.75, 3.05) is 0 Å². The van der Waals surface area contributed by atoms with Crippen LogP contribution in [-0.2, 0) is 11.3 Å². The van der Waals surface area contributed by atoms with Gasteiger partial charge in [0.15, 0.2) is 0 Å². The van der Waals surface area contributed by atoms with Gasteiger partial charge in [-0.1, -0.05) is 34.8 Å². The predicted molar refractivity (Wildman–Crippen MR) is 104 cm³/mol. The highest BCUT2D eigenvalue weighted by Crippen LogP contribution is 2.43. The van der Waals surface area contributed by atoms with Crippen molar-refractivity contribution in [2.45, 2.75) is 64.0 Å². The fraction of sp³-hybridized carbons (Fsp3) is 0.550. The van der Waals surface area contributed by atoms with E-state index >= 15 is 0 Å². The molecule has 136 valence electrons. The summed E-state index contributed by atoms with van der Waals surface area (Å²) in [6.07, 6.45) is 7.92. The summed E-state index contributed by atoms with van der Waals surface area (Å²) < 4.78 is 3.29. The normalized spacial score (nSPS) is 22.2. The van der Waals surface area contributed by atoms with Crippen molar-refractivity contribution >= 4 is 32.7 Å². The second-order valence-electron chi connectivity index (χ2n) is 7.45. The summed E-state index contributed by atoms with van der Waals surface area (Å²) in [5.74, 6) is 0.880. The number of aromatic nitrogens is 1. The number of nitrogens with zero attached hydrogens (tertiary/aromatic N) is 1. The van der Waals surface area contributed by atoms with Crippen molar-refractivity contribution in [1.29, 1.82) is 0 Å². The molecule has 3 unspecified atom stereocenters. The van der Waals surface area contributed by atoms with E-state index in [-0.39, 0.29) is 12.0 Å². The van der Waals surface area contributed by atoms with Crippen molar-refractivity contribution in [2.24, 2.45) is 11.7 Å². The van der Waals surface area contributed by atoms with E-state index in [1.54, 1.807) is 0 Å². The summed E-state index contributed by atoms with van der Waals surface area (Å²) in [6.45, 7) is 2.43. The Bertz CT molecular complexity index is 753. The molecule has 1 fully saturated rings. The van der Waals surface area contributed by atoms with Crippen LogP contribution in [0.5, 0.6) is 0 Å². The first-order valence-corrected chi connectivity index (χ1v) is 9.98. The van der Waals surface area contributed by atoms with Crippen LogP contribution < -0.4 is 5.73 Å². The van der Waals surface area contributed by atoms with Crippen LogP contribution in [0, 0.1) is 5.92 Å². The van der Waals surface area contributed by atoms with Crippen molar-refractivity contribution in [3.63, 3.8) is 0 Å². The quantitative estimate of drug-likeness (QED) is 0.749. The molecule has 0 bridgehead atoms. The zero-order chi connectivity index (χ0) is 18.0. The number of halogens is 1. The lowest BCUT2D eigenvalue weighted by molar-refractivity contribution is -0.118. The average molecular weight is 407 g/mol. The summed E-state index contributed by atoms with van der Waals surface area (Å²) >= 11 is 3.72. The van der Waals surface area contributed by atoms with E-state index in [4.69, 9.17) is 5.73 Å². The molecule has 1 aliphatic rings. The van der Waals surface area contributed by atoms with Crippen LogP contribution in [0.2, 0.25) is 0 Å². The Morgan fingerprint density at radius 2 is 2.24 bits per heavy atom. The van der Waals surface area contributed by atoms with E-state index < -0.39 is 0 Å². The van der Waals surface area contributed by atoms with Crippen molar-refractivity contribution in [3.8, 4) is 0 Å². The van der Waals surface area contributed by atoms with Crippen molar-refractivity contribution in [1.82, 2.24) is 4.57 Å². The third kappa shape index (κ3) is 4.26. The Labute approximate surface area is 157 Å². The van der Waals surface area contributed by atoms with E-state index in [2.05, 4.69) is 38.8 Å². The molecule has 25 heavy (non-hydrogen) atoms. The Morgan fingerprint density at radius 3 is 2.96 bits per heavy atom. The molecule has 1 aliphatic carbocycles. The van der Waals surface area contributed by atoms with Crippen molar-refractivity contribution < 1.29 is 9.90 Å². The summed E-state index contributed by atoms with van der Waals surface area (Å²) in [5, 5.41) is 11.1. The molecule has 3 atom stereocenters. The number of fused-ring (bicyclic) bond motifs is 1. The minimum atomic E-state index is -0.378. The van der Waals surface area contributed by atoms with Gasteiger partial charge in [-0.2, -0.15) is 0 Å². The van der Waals surface area contributed by atoms with Gasteiger partial charge < -0.3 is 15.4 Å². The van der Waals surface area contributed by atoms with Gasteiger partial charge in [-0.05, 0) is 55.7 Å². The van der Waals surface area contributed by atoms with E-state index in [1.165, 1.54) is 35.7 Å². The number of carbonyl (C=O) groups is 1. The molecule has 1 aromatic carbocycles. The standard InChI is InChI=1S/C20H27BrN2O2/c1-13(24)11-23-12-16(20-17(21)6-3-7-18(20)23)15-5-2-4-14(10-15)8-9-19(22)25/h3,6-7,12-15,24H,2,4-5,8-11H2,1H3,(H2,22,25). The average Bonchev–Trinajstić information content (AvgIpc) is 2.93. The molecule has 1 amide bonds. The van der Waals surface area contributed by atoms with E-state index in [9.17, 15) is 9.90 Å². The number of benzene rings is 1. The first-order valence-electron chi connectivity index (χ1n) is 9.19. The van der Waals surface area contributed by atoms with Gasteiger partial charge in [-0.3, -0.25) is 4.79 Å². The monoisotopic (exact) mass is 406 g/mol. The largest absolute Gasteiger partial charge is 0.392 e. The molecule has 2 aromatic rings. The number of hydrogen-bond donors (Lipinski definition) is 2. The molecule has 1 aromatic heterocycles. The summed E-state index contributed by atoms with van der Waals surface area (Å²) in [5.41, 5.74) is 7.87. The zero-order valence-corrected chi connectivity index (χ0v) is 16.3. The molecule has 0 spiro atoms. The van der Waals surface area contributed by atoms with Gasteiger partial charge >= 0.3 is 0 Å². The third-order valence-electron chi connectivity index (χ3n) is 5.37. The Kier molecular flexibility index (Phi) is 5.85. The highest BCUT2D eigenvalue weighted by atomic mass is 79.9. The van der Waals surface area contributed by atoms with Crippen LogP contribution >= 0.6 is 15.9 Å². The Morgan fingerprint density at radius 1 is 1.44 bits per heavy atom. The van der Waals surface area contributed by atoms with E-state index in [0.29, 0.717) is 24.8 Å². The van der Waals surface area contributed by atoms with E-state index in [1.807, 2.05) is 13.0 Å². The molecule has 1 heterocycles. The van der Waals surface area contributed by atoms with Gasteiger partial charge in [0, 0.05) is 34.5 Å². The molecule has 0 saturated heterocycles. The molecular weight excluding hydrogens is 380 g/mol. The first kappa shape index (κ1) is 18.5. The maximum atomic E-state index is 11.1. The van der Waals surface area contributed by atoms with Gasteiger partial charge in [0.2, 0.25) is 5.91 Å². The van der Waals surface area contributed by atoms with Gasteiger partial charge in [-0.15, -0.1) is 0 Å². The number of rotatable bonds is 6. The predicted octanol–water partition coefficient (Wildman–Crippen LogP) is 4.32. The topological polar surface area (TPSA) is 68.2 Å². The SMILES string of the molecule is CC(O)Cn1cc(C2CCCC(CCC(N)=O)C2)c2c(Br)cccc21. The van der Waals surface area contributed by atoms with Crippen LogP contribution in [-0.4, -0.2) is 21.7 Å². The fourth-order valence-electron chi connectivity index (χ4n) is 4.27. The maximum absolute atomic E-state index is 11.1. The van der Waals surface area contributed by atoms with Crippen LogP contribution in [0.1, 0.15) is 56.9 Å². The van der Waals surface area contributed by atoms with Gasteiger partial charge in [0.25, 0.3) is 0 Å². The highest BCUT2D eigenvalue weighted by Gasteiger charge is 2.27. The number of primary amides is 1. The molecule has 5 heteroatoms. The molecule has 0 aliphatic heterocycles. The van der Waals surface area contributed by atoms with Crippen LogP contribution in [0.4, 0.5) is 0 Å². The first-order chi connectivity index (χ1) is 12.0. The number of aliphatic hydroxyl groups is 1. The molecule has 4 nitrogen and oxygen atoms in total. The minimum Gasteiger partial charge on any atom is -0.392 e. The number of aliphatic hydroxyl groups excluding tert-OH is 1. The molecule has 1 saturated carbocycles. The fourth-order valence-corrected chi connectivity index (χ4v) is 4.85. The third-order valence-corrected chi connectivity index (χ3v) is 6.03.